The highest BCUT2D eigenvalue weighted by molar-refractivity contribution is 7.98. The summed E-state index contributed by atoms with van der Waals surface area (Å²) in [4.78, 5) is 24.6. The second-order valence-electron chi connectivity index (χ2n) is 4.05. The van der Waals surface area contributed by atoms with Crippen LogP contribution in [0.4, 0.5) is 4.79 Å². The molecule has 1 rings (SSSR count). The van der Waals surface area contributed by atoms with Gasteiger partial charge in [-0.2, -0.15) is 11.8 Å². The number of carbonyl (C=O) groups excluding carboxylic acids is 1. The lowest BCUT2D eigenvalue weighted by atomic mass is 10.1. The number of hydrogen-bond acceptors (Lipinski definition) is 3. The molecule has 0 heterocycles. The number of amides is 2. The zero-order chi connectivity index (χ0) is 14.3. The van der Waals surface area contributed by atoms with Gasteiger partial charge in [-0.25, -0.2) is 9.59 Å². The molecule has 104 valence electrons. The van der Waals surface area contributed by atoms with Crippen LogP contribution in [0.2, 0.25) is 0 Å². The van der Waals surface area contributed by atoms with Crippen molar-refractivity contribution in [2.45, 2.75) is 6.04 Å². The number of aliphatic carboxylic acids is 1. The average Bonchev–Trinajstić information content (AvgIpc) is 2.42. The number of carbonyl (C=O) groups is 2. The Labute approximate surface area is 117 Å². The molecular formula is C13H18N2O3S. The Kier molecular flexibility index (Phi) is 6.21. The smallest absolute Gasteiger partial charge is 0.330 e. The van der Waals surface area contributed by atoms with Gasteiger partial charge in [0, 0.05) is 19.3 Å². The molecule has 0 saturated carbocycles. The van der Waals surface area contributed by atoms with Gasteiger partial charge in [-0.3, -0.25) is 0 Å². The van der Waals surface area contributed by atoms with Crippen LogP contribution in [0.25, 0.3) is 0 Å². The van der Waals surface area contributed by atoms with Crippen LogP contribution < -0.4 is 5.32 Å². The summed E-state index contributed by atoms with van der Waals surface area (Å²) >= 11 is 1.63. The lowest BCUT2D eigenvalue weighted by molar-refractivity contribution is -0.139. The molecule has 0 radical (unpaired) electrons. The second kappa shape index (κ2) is 7.68. The Morgan fingerprint density at radius 3 is 2.53 bits per heavy atom. The van der Waals surface area contributed by atoms with Crippen LogP contribution in [-0.4, -0.2) is 47.6 Å². The number of thioether (sulfide) groups is 1. The van der Waals surface area contributed by atoms with Crippen LogP contribution in [0, 0.1) is 0 Å². The van der Waals surface area contributed by atoms with E-state index in [9.17, 15) is 14.7 Å². The standard InChI is InChI=1S/C13H18N2O3S/c1-15(8-9-19-2)13(18)14-11(12(16)17)10-6-4-3-5-7-10/h3-7,11H,8-9H2,1-2H3,(H,14,18)(H,16,17). The number of urea groups is 1. The third kappa shape index (κ3) is 4.82. The molecule has 2 amide bonds. The van der Waals surface area contributed by atoms with Crippen molar-refractivity contribution in [2.75, 3.05) is 25.6 Å². The number of nitrogens with one attached hydrogen (secondary N) is 1. The highest BCUT2D eigenvalue weighted by Gasteiger charge is 2.23. The number of nitrogens with zero attached hydrogens (tertiary/aromatic N) is 1. The maximum Gasteiger partial charge on any atom is 0.330 e. The molecule has 1 atom stereocenters. The first-order valence-electron chi connectivity index (χ1n) is 5.84. The summed E-state index contributed by atoms with van der Waals surface area (Å²) in [6.45, 7) is 0.578. The van der Waals surface area contributed by atoms with E-state index >= 15 is 0 Å². The molecule has 1 aromatic carbocycles. The molecular weight excluding hydrogens is 264 g/mol. The van der Waals surface area contributed by atoms with Gasteiger partial charge in [0.05, 0.1) is 0 Å². The van der Waals surface area contributed by atoms with E-state index in [1.807, 2.05) is 6.26 Å². The summed E-state index contributed by atoms with van der Waals surface area (Å²) in [5, 5.41) is 11.7. The normalized spacial score (nSPS) is 11.7. The predicted molar refractivity (Wildman–Crippen MR) is 76.4 cm³/mol. The molecule has 0 aromatic heterocycles. The molecule has 0 aliphatic carbocycles. The molecule has 0 spiro atoms. The summed E-state index contributed by atoms with van der Waals surface area (Å²) in [7, 11) is 1.65. The van der Waals surface area contributed by atoms with E-state index in [1.165, 1.54) is 4.90 Å². The SMILES string of the molecule is CSCCN(C)C(=O)NC(C(=O)O)c1ccccc1. The fraction of sp³-hybridized carbons (Fsp3) is 0.385. The Balaban J connectivity index is 2.70. The summed E-state index contributed by atoms with van der Waals surface area (Å²) in [6.07, 6.45) is 1.95. The van der Waals surface area contributed by atoms with Gasteiger partial charge in [0.1, 0.15) is 0 Å². The van der Waals surface area contributed by atoms with Crippen molar-refractivity contribution in [2.24, 2.45) is 0 Å². The molecule has 5 nitrogen and oxygen atoms in total. The van der Waals surface area contributed by atoms with E-state index in [2.05, 4.69) is 5.32 Å². The topological polar surface area (TPSA) is 69.6 Å². The summed E-state index contributed by atoms with van der Waals surface area (Å²) < 4.78 is 0. The van der Waals surface area contributed by atoms with Gasteiger partial charge in [0.2, 0.25) is 0 Å². The van der Waals surface area contributed by atoms with Crippen LogP contribution >= 0.6 is 11.8 Å². The van der Waals surface area contributed by atoms with Gasteiger partial charge in [0.15, 0.2) is 6.04 Å². The Hall–Kier alpha value is -1.69. The molecule has 19 heavy (non-hydrogen) atoms. The molecule has 2 N–H and O–H groups in total. The van der Waals surface area contributed by atoms with Crippen LogP contribution in [-0.2, 0) is 4.79 Å². The summed E-state index contributed by atoms with van der Waals surface area (Å²) in [6, 6.07) is 7.25. The Bertz CT molecular complexity index is 425. The largest absolute Gasteiger partial charge is 0.479 e. The van der Waals surface area contributed by atoms with Gasteiger partial charge in [-0.05, 0) is 11.8 Å². The van der Waals surface area contributed by atoms with E-state index in [-0.39, 0.29) is 6.03 Å². The van der Waals surface area contributed by atoms with E-state index < -0.39 is 12.0 Å². The van der Waals surface area contributed by atoms with Crippen molar-refractivity contribution < 1.29 is 14.7 Å². The summed E-state index contributed by atoms with van der Waals surface area (Å²) in [5.74, 6) is -0.259. The monoisotopic (exact) mass is 282 g/mol. The Morgan fingerprint density at radius 2 is 2.00 bits per heavy atom. The fourth-order valence-corrected chi connectivity index (χ4v) is 1.95. The van der Waals surface area contributed by atoms with Crippen LogP contribution in [0.3, 0.4) is 0 Å². The fourth-order valence-electron chi connectivity index (χ4n) is 1.50. The first kappa shape index (κ1) is 15.4. The molecule has 0 saturated heterocycles. The zero-order valence-corrected chi connectivity index (χ0v) is 11.8. The minimum atomic E-state index is -1.07. The predicted octanol–water partition coefficient (Wildman–Crippen LogP) is 1.82. The third-order valence-electron chi connectivity index (χ3n) is 2.63. The number of hydrogen-bond donors (Lipinski definition) is 2. The van der Waals surface area contributed by atoms with Crippen molar-refractivity contribution >= 4 is 23.8 Å². The Morgan fingerprint density at radius 1 is 1.37 bits per heavy atom. The molecule has 1 aromatic rings. The van der Waals surface area contributed by atoms with Gasteiger partial charge in [-0.1, -0.05) is 30.3 Å². The van der Waals surface area contributed by atoms with Crippen molar-refractivity contribution in [3.8, 4) is 0 Å². The summed E-state index contributed by atoms with van der Waals surface area (Å²) in [5.41, 5.74) is 0.557. The molecule has 1 unspecified atom stereocenters. The van der Waals surface area contributed by atoms with Gasteiger partial charge < -0.3 is 15.3 Å². The molecule has 0 fully saturated rings. The lowest BCUT2D eigenvalue weighted by Crippen LogP contribution is -2.42. The maximum atomic E-state index is 11.9. The van der Waals surface area contributed by atoms with Crippen molar-refractivity contribution in [1.82, 2.24) is 10.2 Å². The average molecular weight is 282 g/mol. The van der Waals surface area contributed by atoms with E-state index in [0.29, 0.717) is 12.1 Å². The molecule has 0 aliphatic rings. The van der Waals surface area contributed by atoms with Gasteiger partial charge in [0.25, 0.3) is 0 Å². The number of carboxylic acid groups (broad SMARTS) is 1. The first-order chi connectivity index (χ1) is 9.06. The van der Waals surface area contributed by atoms with E-state index in [1.54, 1.807) is 49.1 Å². The number of benzene rings is 1. The van der Waals surface area contributed by atoms with Gasteiger partial charge >= 0.3 is 12.0 Å². The van der Waals surface area contributed by atoms with Crippen LogP contribution in [0.15, 0.2) is 30.3 Å². The zero-order valence-electron chi connectivity index (χ0n) is 11.0. The van der Waals surface area contributed by atoms with Crippen molar-refractivity contribution in [1.29, 1.82) is 0 Å². The van der Waals surface area contributed by atoms with Crippen LogP contribution in [0.5, 0.6) is 0 Å². The molecule has 0 aliphatic heterocycles. The highest BCUT2D eigenvalue weighted by Crippen LogP contribution is 2.13. The van der Waals surface area contributed by atoms with Crippen molar-refractivity contribution in [3.63, 3.8) is 0 Å². The number of carboxylic acids is 1. The second-order valence-corrected chi connectivity index (χ2v) is 5.03. The van der Waals surface area contributed by atoms with Gasteiger partial charge in [-0.15, -0.1) is 0 Å². The minimum absolute atomic E-state index is 0.384. The maximum absolute atomic E-state index is 11.9. The van der Waals surface area contributed by atoms with Crippen molar-refractivity contribution in [3.05, 3.63) is 35.9 Å². The third-order valence-corrected chi connectivity index (χ3v) is 3.22. The molecule has 0 bridgehead atoms. The quantitative estimate of drug-likeness (QED) is 0.835. The lowest BCUT2D eigenvalue weighted by Gasteiger charge is -2.21. The van der Waals surface area contributed by atoms with E-state index in [0.717, 1.165) is 5.75 Å². The number of rotatable bonds is 6. The first-order valence-corrected chi connectivity index (χ1v) is 7.24. The molecule has 6 heteroatoms. The van der Waals surface area contributed by atoms with Crippen LogP contribution in [0.1, 0.15) is 11.6 Å². The van der Waals surface area contributed by atoms with E-state index in [4.69, 9.17) is 0 Å². The minimum Gasteiger partial charge on any atom is -0.479 e. The highest BCUT2D eigenvalue weighted by atomic mass is 32.2.